The number of aromatic nitrogens is 4. The summed E-state index contributed by atoms with van der Waals surface area (Å²) in [6.45, 7) is 9.57. The molecule has 3 heterocycles. The molecule has 2 aromatic heterocycles. The number of unbranched alkanes of at least 4 members (excludes halogenated alkanes) is 1. The van der Waals surface area contributed by atoms with Crippen LogP contribution in [0.1, 0.15) is 26.7 Å². The molecule has 0 aromatic carbocycles. The van der Waals surface area contributed by atoms with Crippen molar-refractivity contribution in [1.29, 1.82) is 0 Å². The van der Waals surface area contributed by atoms with Gasteiger partial charge in [0.1, 0.15) is 12.0 Å². The van der Waals surface area contributed by atoms with E-state index < -0.39 is 0 Å². The van der Waals surface area contributed by atoms with E-state index in [9.17, 15) is 9.59 Å². The van der Waals surface area contributed by atoms with Crippen molar-refractivity contribution >= 4 is 5.82 Å². The van der Waals surface area contributed by atoms with Crippen molar-refractivity contribution < 1.29 is 0 Å². The summed E-state index contributed by atoms with van der Waals surface area (Å²) in [5.74, 6) is 1.04. The van der Waals surface area contributed by atoms with E-state index in [1.165, 1.54) is 17.9 Å². The number of piperazine rings is 1. The molecular weight excluding hydrogens is 344 g/mol. The molecule has 0 N–H and O–H groups in total. The number of anilines is 1. The summed E-state index contributed by atoms with van der Waals surface area (Å²) in [5, 5.41) is 3.91. The molecule has 148 valence electrons. The van der Waals surface area contributed by atoms with Gasteiger partial charge in [-0.15, -0.1) is 0 Å². The maximum atomic E-state index is 11.9. The average molecular weight is 374 g/mol. The van der Waals surface area contributed by atoms with Crippen LogP contribution in [0.5, 0.6) is 0 Å². The molecule has 1 aliphatic heterocycles. The fourth-order valence-corrected chi connectivity index (χ4v) is 3.01. The number of aryl methyl sites for hydroxylation is 1. The van der Waals surface area contributed by atoms with Gasteiger partial charge in [-0.3, -0.25) is 14.3 Å². The van der Waals surface area contributed by atoms with Crippen LogP contribution in [-0.4, -0.2) is 57.0 Å². The highest BCUT2D eigenvalue weighted by Crippen LogP contribution is 2.12. The zero-order chi connectivity index (χ0) is 19.6. The van der Waals surface area contributed by atoms with Crippen molar-refractivity contribution in [2.24, 2.45) is 7.05 Å². The molecule has 8 heteroatoms. The van der Waals surface area contributed by atoms with Crippen LogP contribution < -0.4 is 16.1 Å². The van der Waals surface area contributed by atoms with E-state index in [0.717, 1.165) is 56.0 Å². The summed E-state index contributed by atoms with van der Waals surface area (Å²) in [5.41, 5.74) is -0.719. The van der Waals surface area contributed by atoms with Crippen molar-refractivity contribution in [2.45, 2.75) is 33.2 Å². The average Bonchev–Trinajstić information content (AvgIpc) is 2.73. The first-order valence-electron chi connectivity index (χ1n) is 9.66. The fourth-order valence-electron chi connectivity index (χ4n) is 3.01. The van der Waals surface area contributed by atoms with Gasteiger partial charge in [0.05, 0.1) is 0 Å². The van der Waals surface area contributed by atoms with E-state index in [4.69, 9.17) is 0 Å². The molecule has 0 amide bonds. The molecular formula is C19H30N6O2. The lowest BCUT2D eigenvalue weighted by Crippen LogP contribution is -2.47. The minimum absolute atomic E-state index is 0.350. The van der Waals surface area contributed by atoms with Gasteiger partial charge in [-0.05, 0) is 31.5 Å². The SMILES string of the molecule is CC.Cn1c(=O)cnn(CCCCN2CCN(c3ccccn3)CC2)c1=O. The molecule has 1 fully saturated rings. The van der Waals surface area contributed by atoms with Crippen LogP contribution >= 0.6 is 0 Å². The third kappa shape index (κ3) is 5.75. The predicted molar refractivity (Wildman–Crippen MR) is 107 cm³/mol. The second kappa shape index (κ2) is 10.6. The van der Waals surface area contributed by atoms with Crippen LogP contribution in [0.25, 0.3) is 0 Å². The standard InChI is InChI=1S/C17H24N6O2.C2H6/c1-20-16(24)14-19-23(17(20)25)9-5-4-8-21-10-12-22(13-11-21)15-6-2-3-7-18-15;1-2/h2-3,6-7,14H,4-5,8-13H2,1H3;1-2H3. The lowest BCUT2D eigenvalue weighted by atomic mass is 10.2. The molecule has 1 aliphatic rings. The van der Waals surface area contributed by atoms with Gasteiger partial charge >= 0.3 is 5.69 Å². The van der Waals surface area contributed by atoms with E-state index in [0.29, 0.717) is 6.54 Å². The van der Waals surface area contributed by atoms with Gasteiger partial charge in [0, 0.05) is 46.0 Å². The summed E-state index contributed by atoms with van der Waals surface area (Å²) in [4.78, 5) is 32.4. The van der Waals surface area contributed by atoms with E-state index in [1.54, 1.807) is 0 Å². The Morgan fingerprint density at radius 2 is 1.70 bits per heavy atom. The number of nitrogens with zero attached hydrogens (tertiary/aromatic N) is 6. The highest BCUT2D eigenvalue weighted by Gasteiger charge is 2.17. The first-order chi connectivity index (χ1) is 13.1. The van der Waals surface area contributed by atoms with Crippen LogP contribution in [0.4, 0.5) is 5.82 Å². The van der Waals surface area contributed by atoms with Crippen molar-refractivity contribution in [3.8, 4) is 0 Å². The Kier molecular flexibility index (Phi) is 8.19. The Balaban J connectivity index is 0.00000126. The number of hydrogen-bond acceptors (Lipinski definition) is 6. The second-order valence-electron chi connectivity index (χ2n) is 6.27. The summed E-state index contributed by atoms with van der Waals surface area (Å²) in [6.07, 6.45) is 4.89. The largest absolute Gasteiger partial charge is 0.354 e. The van der Waals surface area contributed by atoms with Crippen LogP contribution in [0.15, 0.2) is 40.2 Å². The van der Waals surface area contributed by atoms with Crippen molar-refractivity contribution in [2.75, 3.05) is 37.6 Å². The monoisotopic (exact) mass is 374 g/mol. The molecule has 0 aliphatic carbocycles. The fraction of sp³-hybridized carbons (Fsp3) is 0.579. The molecule has 0 spiro atoms. The zero-order valence-electron chi connectivity index (χ0n) is 16.5. The van der Waals surface area contributed by atoms with Crippen molar-refractivity contribution in [3.05, 3.63) is 51.4 Å². The Bertz CT molecular complexity index is 794. The first-order valence-corrected chi connectivity index (χ1v) is 9.66. The minimum atomic E-state index is -0.368. The van der Waals surface area contributed by atoms with Gasteiger partial charge < -0.3 is 4.90 Å². The molecule has 0 atom stereocenters. The summed E-state index contributed by atoms with van der Waals surface area (Å²) >= 11 is 0. The molecule has 0 saturated carbocycles. The lowest BCUT2D eigenvalue weighted by molar-refractivity contribution is 0.249. The van der Waals surface area contributed by atoms with E-state index in [-0.39, 0.29) is 11.2 Å². The molecule has 8 nitrogen and oxygen atoms in total. The van der Waals surface area contributed by atoms with Crippen LogP contribution in [0.3, 0.4) is 0 Å². The first kappa shape index (κ1) is 20.8. The molecule has 1 saturated heterocycles. The number of rotatable bonds is 6. The predicted octanol–water partition coefficient (Wildman–Crippen LogP) is 0.966. The van der Waals surface area contributed by atoms with Gasteiger partial charge in [-0.25, -0.2) is 14.5 Å². The van der Waals surface area contributed by atoms with Crippen LogP contribution in [0, 0.1) is 0 Å². The van der Waals surface area contributed by atoms with E-state index in [2.05, 4.69) is 19.9 Å². The highest BCUT2D eigenvalue weighted by atomic mass is 16.2. The van der Waals surface area contributed by atoms with Crippen LogP contribution in [0.2, 0.25) is 0 Å². The van der Waals surface area contributed by atoms with Crippen molar-refractivity contribution in [3.63, 3.8) is 0 Å². The minimum Gasteiger partial charge on any atom is -0.354 e. The molecule has 2 aromatic rings. The van der Waals surface area contributed by atoms with Gasteiger partial charge in [-0.1, -0.05) is 19.9 Å². The summed E-state index contributed by atoms with van der Waals surface area (Å²) in [7, 11) is 1.48. The van der Waals surface area contributed by atoms with Crippen molar-refractivity contribution in [1.82, 2.24) is 24.2 Å². The Labute approximate surface area is 160 Å². The Morgan fingerprint density at radius 3 is 2.37 bits per heavy atom. The Morgan fingerprint density at radius 1 is 1.00 bits per heavy atom. The van der Waals surface area contributed by atoms with Gasteiger partial charge in [-0.2, -0.15) is 5.10 Å². The van der Waals surface area contributed by atoms with E-state index in [1.807, 2.05) is 38.2 Å². The van der Waals surface area contributed by atoms with Gasteiger partial charge in [0.2, 0.25) is 0 Å². The van der Waals surface area contributed by atoms with Gasteiger partial charge in [0.25, 0.3) is 5.56 Å². The zero-order valence-corrected chi connectivity index (χ0v) is 16.5. The highest BCUT2D eigenvalue weighted by molar-refractivity contribution is 5.38. The van der Waals surface area contributed by atoms with Crippen LogP contribution in [-0.2, 0) is 13.6 Å². The molecule has 0 bridgehead atoms. The molecule has 3 rings (SSSR count). The quantitative estimate of drug-likeness (QED) is 0.701. The second-order valence-corrected chi connectivity index (χ2v) is 6.27. The molecule has 27 heavy (non-hydrogen) atoms. The molecule has 0 unspecified atom stereocenters. The lowest BCUT2D eigenvalue weighted by Gasteiger charge is -2.35. The maximum Gasteiger partial charge on any atom is 0.347 e. The maximum absolute atomic E-state index is 11.9. The normalized spacial score (nSPS) is 14.6. The summed E-state index contributed by atoms with van der Waals surface area (Å²) in [6, 6.07) is 6.00. The van der Waals surface area contributed by atoms with E-state index >= 15 is 0 Å². The molecule has 0 radical (unpaired) electrons. The number of pyridine rings is 1. The topological polar surface area (TPSA) is 76.3 Å². The third-order valence-electron chi connectivity index (χ3n) is 4.59. The smallest absolute Gasteiger partial charge is 0.347 e. The van der Waals surface area contributed by atoms with Gasteiger partial charge in [0.15, 0.2) is 0 Å². The third-order valence-corrected chi connectivity index (χ3v) is 4.59. The summed E-state index contributed by atoms with van der Waals surface area (Å²) < 4.78 is 2.45. The Hall–Kier alpha value is -2.48. The number of hydrogen-bond donors (Lipinski definition) is 0.